The molecule has 1 heterocycles. The zero-order valence-corrected chi connectivity index (χ0v) is 11.9. The van der Waals surface area contributed by atoms with Gasteiger partial charge in [-0.05, 0) is 19.1 Å². The fourth-order valence-electron chi connectivity index (χ4n) is 1.84. The van der Waals surface area contributed by atoms with Crippen molar-refractivity contribution in [3.63, 3.8) is 0 Å². The molecule has 1 amide bonds. The van der Waals surface area contributed by atoms with Crippen LogP contribution in [-0.4, -0.2) is 30.0 Å². The Bertz CT molecular complexity index is 676. The minimum absolute atomic E-state index is 0.100. The summed E-state index contributed by atoms with van der Waals surface area (Å²) in [7, 11) is 3.01. The summed E-state index contributed by atoms with van der Waals surface area (Å²) in [5.41, 5.74) is 0.932. The summed E-state index contributed by atoms with van der Waals surface area (Å²) in [4.78, 5) is 20.3. The summed E-state index contributed by atoms with van der Waals surface area (Å²) < 4.78 is 18.7. The Labute approximate surface area is 121 Å². The molecule has 0 aliphatic heterocycles. The van der Waals surface area contributed by atoms with Crippen LogP contribution in [0.25, 0.3) is 0 Å². The third-order valence-corrected chi connectivity index (χ3v) is 2.77. The maximum Gasteiger partial charge on any atom is 0.260 e. The van der Waals surface area contributed by atoms with Crippen LogP contribution in [0.2, 0.25) is 0 Å². The molecule has 110 valence electrons. The molecule has 0 saturated heterocycles. The van der Waals surface area contributed by atoms with Crippen molar-refractivity contribution in [2.24, 2.45) is 0 Å². The Balaban J connectivity index is 2.30. The maximum atomic E-state index is 13.6. The molecule has 0 atom stereocenters. The highest BCUT2D eigenvalue weighted by Gasteiger charge is 2.15. The van der Waals surface area contributed by atoms with Crippen molar-refractivity contribution in [1.82, 2.24) is 9.97 Å². The summed E-state index contributed by atoms with van der Waals surface area (Å²) in [5.74, 6) is -0.576. The second-order valence-corrected chi connectivity index (χ2v) is 4.24. The van der Waals surface area contributed by atoms with Gasteiger partial charge in [0.05, 0.1) is 18.4 Å². The van der Waals surface area contributed by atoms with E-state index in [2.05, 4.69) is 20.6 Å². The largest absolute Gasteiger partial charge is 0.481 e. The maximum absolute atomic E-state index is 13.6. The molecule has 2 rings (SSSR count). The van der Waals surface area contributed by atoms with Crippen molar-refractivity contribution in [3.05, 3.63) is 41.3 Å². The highest BCUT2D eigenvalue weighted by molar-refractivity contribution is 6.07. The first-order valence-electron chi connectivity index (χ1n) is 6.22. The van der Waals surface area contributed by atoms with E-state index in [9.17, 15) is 9.18 Å². The Morgan fingerprint density at radius 1 is 1.33 bits per heavy atom. The lowest BCUT2D eigenvalue weighted by molar-refractivity contribution is 0.102. The van der Waals surface area contributed by atoms with Crippen LogP contribution >= 0.6 is 0 Å². The van der Waals surface area contributed by atoms with Crippen LogP contribution in [0.4, 0.5) is 16.0 Å². The van der Waals surface area contributed by atoms with E-state index in [1.54, 1.807) is 20.0 Å². The van der Waals surface area contributed by atoms with E-state index in [-0.39, 0.29) is 17.2 Å². The highest BCUT2D eigenvalue weighted by Crippen LogP contribution is 2.20. The van der Waals surface area contributed by atoms with Gasteiger partial charge < -0.3 is 10.1 Å². The molecule has 0 fully saturated rings. The molecular weight excluding hydrogens is 275 g/mol. The molecule has 0 bridgehead atoms. The number of halogens is 1. The lowest BCUT2D eigenvalue weighted by Gasteiger charge is -2.10. The van der Waals surface area contributed by atoms with E-state index in [1.807, 2.05) is 0 Å². The number of aromatic nitrogens is 2. The van der Waals surface area contributed by atoms with E-state index < -0.39 is 11.7 Å². The predicted molar refractivity (Wildman–Crippen MR) is 77.2 cm³/mol. The first kappa shape index (κ1) is 14.7. The van der Waals surface area contributed by atoms with Gasteiger partial charge in [0.25, 0.3) is 5.91 Å². The van der Waals surface area contributed by atoms with Crippen molar-refractivity contribution in [1.29, 1.82) is 0 Å². The number of nitrogens with one attached hydrogen (secondary N) is 2. The molecule has 21 heavy (non-hydrogen) atoms. The van der Waals surface area contributed by atoms with E-state index >= 15 is 0 Å². The zero-order chi connectivity index (χ0) is 15.4. The summed E-state index contributed by atoms with van der Waals surface area (Å²) in [6, 6.07) is 5.88. The first-order valence-corrected chi connectivity index (χ1v) is 6.22. The number of carbonyl (C=O) groups excluding carboxylic acids is 1. The van der Waals surface area contributed by atoms with Gasteiger partial charge in [-0.25, -0.2) is 9.37 Å². The normalized spacial score (nSPS) is 10.1. The number of hydrogen-bond acceptors (Lipinski definition) is 5. The number of amides is 1. The summed E-state index contributed by atoms with van der Waals surface area (Å²) in [6.45, 7) is 1.75. The van der Waals surface area contributed by atoms with E-state index in [0.29, 0.717) is 11.6 Å². The van der Waals surface area contributed by atoms with Gasteiger partial charge in [0.2, 0.25) is 11.8 Å². The van der Waals surface area contributed by atoms with Crippen molar-refractivity contribution < 1.29 is 13.9 Å². The van der Waals surface area contributed by atoms with Crippen LogP contribution in [0.5, 0.6) is 5.88 Å². The monoisotopic (exact) mass is 290 g/mol. The first-order chi connectivity index (χ1) is 10.0. The van der Waals surface area contributed by atoms with Gasteiger partial charge >= 0.3 is 0 Å². The Hall–Kier alpha value is -2.70. The van der Waals surface area contributed by atoms with E-state index in [1.165, 1.54) is 25.3 Å². The second kappa shape index (κ2) is 6.17. The van der Waals surface area contributed by atoms with Gasteiger partial charge in [0.1, 0.15) is 5.82 Å². The summed E-state index contributed by atoms with van der Waals surface area (Å²) >= 11 is 0. The van der Waals surface area contributed by atoms with Gasteiger partial charge in [0, 0.05) is 18.8 Å². The molecule has 2 N–H and O–H groups in total. The summed E-state index contributed by atoms with van der Waals surface area (Å²) in [6.07, 6.45) is 0. The smallest absolute Gasteiger partial charge is 0.260 e. The Morgan fingerprint density at radius 3 is 2.76 bits per heavy atom. The average Bonchev–Trinajstić information content (AvgIpc) is 2.46. The van der Waals surface area contributed by atoms with Crippen molar-refractivity contribution >= 4 is 17.5 Å². The molecule has 2 aromatic rings. The quantitative estimate of drug-likeness (QED) is 0.903. The number of hydrogen-bond donors (Lipinski definition) is 2. The molecule has 0 unspecified atom stereocenters. The molecule has 1 aromatic heterocycles. The minimum Gasteiger partial charge on any atom is -0.481 e. The van der Waals surface area contributed by atoms with Crippen LogP contribution in [0, 0.1) is 12.7 Å². The molecule has 1 aromatic carbocycles. The number of rotatable bonds is 4. The van der Waals surface area contributed by atoms with Crippen LogP contribution in [0.1, 0.15) is 16.1 Å². The third kappa shape index (κ3) is 3.25. The van der Waals surface area contributed by atoms with E-state index in [0.717, 1.165) is 0 Å². The van der Waals surface area contributed by atoms with Crippen molar-refractivity contribution in [3.8, 4) is 5.88 Å². The van der Waals surface area contributed by atoms with Crippen molar-refractivity contribution in [2.75, 3.05) is 24.8 Å². The number of anilines is 2. The number of aryl methyl sites for hydroxylation is 1. The van der Waals surface area contributed by atoms with Gasteiger partial charge in [-0.3, -0.25) is 10.1 Å². The Kier molecular flexibility index (Phi) is 4.32. The molecule has 0 spiro atoms. The third-order valence-electron chi connectivity index (χ3n) is 2.77. The van der Waals surface area contributed by atoms with E-state index in [4.69, 9.17) is 4.74 Å². The molecule has 0 aliphatic rings. The predicted octanol–water partition coefficient (Wildman–Crippen LogP) is 2.23. The lowest BCUT2D eigenvalue weighted by atomic mass is 10.1. The van der Waals surface area contributed by atoms with Crippen molar-refractivity contribution in [2.45, 2.75) is 6.92 Å². The fraction of sp³-hybridized carbons (Fsp3) is 0.214. The topological polar surface area (TPSA) is 76.1 Å². The Morgan fingerprint density at radius 2 is 2.10 bits per heavy atom. The number of methoxy groups -OCH3 is 1. The van der Waals surface area contributed by atoms with Crippen LogP contribution < -0.4 is 15.4 Å². The molecule has 6 nitrogen and oxygen atoms in total. The standard InChI is InChI=1S/C14H15FN4O2/c1-8-7-11(21-3)18-14(17-8)19-13(20)9-5-4-6-10(15)12(9)16-2/h4-7,16H,1-3H3,(H,17,18,19,20). The van der Waals surface area contributed by atoms with Gasteiger partial charge in [0.15, 0.2) is 0 Å². The molecular formula is C14H15FN4O2. The minimum atomic E-state index is -0.508. The number of ether oxygens (including phenoxy) is 1. The summed E-state index contributed by atoms with van der Waals surface area (Å²) in [5, 5.41) is 5.19. The molecule has 0 aliphatic carbocycles. The molecule has 0 saturated carbocycles. The van der Waals surface area contributed by atoms with Gasteiger partial charge in [-0.15, -0.1) is 0 Å². The van der Waals surface area contributed by atoms with Crippen LogP contribution in [0.3, 0.4) is 0 Å². The average molecular weight is 290 g/mol. The number of carbonyl (C=O) groups is 1. The highest BCUT2D eigenvalue weighted by atomic mass is 19.1. The SMILES string of the molecule is CNc1c(F)cccc1C(=O)Nc1nc(C)cc(OC)n1. The second-order valence-electron chi connectivity index (χ2n) is 4.24. The number of benzene rings is 1. The molecule has 0 radical (unpaired) electrons. The molecule has 7 heteroatoms. The number of nitrogens with zero attached hydrogens (tertiary/aromatic N) is 2. The van der Waals surface area contributed by atoms with Crippen LogP contribution in [0.15, 0.2) is 24.3 Å². The van der Waals surface area contributed by atoms with Crippen LogP contribution in [-0.2, 0) is 0 Å². The fourth-order valence-corrected chi connectivity index (χ4v) is 1.84. The van der Waals surface area contributed by atoms with Gasteiger partial charge in [-0.1, -0.05) is 6.07 Å². The number of para-hydroxylation sites is 1. The lowest BCUT2D eigenvalue weighted by Crippen LogP contribution is -2.17. The van der Waals surface area contributed by atoms with Gasteiger partial charge in [-0.2, -0.15) is 4.98 Å². The zero-order valence-electron chi connectivity index (χ0n) is 11.9.